The second kappa shape index (κ2) is 29.0. The highest BCUT2D eigenvalue weighted by molar-refractivity contribution is 7.78. The number of hydrogen-bond donors (Lipinski definition) is 1. The summed E-state index contributed by atoms with van der Waals surface area (Å²) in [5.74, 6) is 3.18. The summed E-state index contributed by atoms with van der Waals surface area (Å²) in [6.07, 6.45) is 16.8. The number of nitrogens with zero attached hydrogens (tertiary/aromatic N) is 6. The first-order chi connectivity index (χ1) is 30.8. The van der Waals surface area contributed by atoms with Crippen molar-refractivity contribution in [2.24, 2.45) is 5.92 Å². The fourth-order valence-corrected chi connectivity index (χ4v) is 7.63. The second-order valence-electron chi connectivity index (χ2n) is 17.4. The van der Waals surface area contributed by atoms with Gasteiger partial charge in [0.05, 0.1) is 23.3 Å². The van der Waals surface area contributed by atoms with Gasteiger partial charge in [0.2, 0.25) is 23.5 Å². The molecule has 0 spiro atoms. The third kappa shape index (κ3) is 21.1. The predicted octanol–water partition coefficient (Wildman–Crippen LogP) is 6.20. The van der Waals surface area contributed by atoms with E-state index in [-0.39, 0.29) is 48.8 Å². The standard InChI is InChI=1S/C21H34N4O4.C21H33N3O4.2CH4O2S/c1-14(2)27-21(26)25-11-9-18(10-12-25)29-20-15(3)19(23-13-24-20)28-17-7-5-16(22-4)6-8-17;1-14(2)26-21(25)24-11-9-18(10-12-24)28-20-16(4)19(22-13-23-20)27-17-7-5-15(3)6-8-17;2*1-4(2)3/h13-14,16-18,22H,5-12H2,1-4H3;13-15,17-18H,5-12H2,1-4H3;2*1H3,(H,2,3)/p-2. The van der Waals surface area contributed by atoms with Gasteiger partial charge < -0.3 is 52.6 Å². The van der Waals surface area contributed by atoms with E-state index < -0.39 is 22.2 Å². The second-order valence-corrected chi connectivity index (χ2v) is 19.0. The highest BCUT2D eigenvalue weighted by Gasteiger charge is 2.29. The van der Waals surface area contributed by atoms with Gasteiger partial charge in [0.15, 0.2) is 0 Å². The molecule has 2 amide bonds. The number of rotatable bonds is 11. The van der Waals surface area contributed by atoms with E-state index in [2.05, 4.69) is 32.2 Å². The number of carbonyl (C=O) groups excluding carboxylic acids is 2. The lowest BCUT2D eigenvalue weighted by molar-refractivity contribution is 0.0493. The van der Waals surface area contributed by atoms with Crippen LogP contribution in [-0.2, 0) is 31.6 Å². The number of carbonyl (C=O) groups is 2. The lowest BCUT2D eigenvalue weighted by Crippen LogP contribution is -2.42. The van der Waals surface area contributed by atoms with Crippen molar-refractivity contribution in [3.8, 4) is 23.5 Å². The summed E-state index contributed by atoms with van der Waals surface area (Å²) in [6, 6.07) is 0.587. The van der Waals surface area contributed by atoms with Gasteiger partial charge in [-0.25, -0.2) is 29.5 Å². The summed E-state index contributed by atoms with van der Waals surface area (Å²) in [5, 5.41) is 3.34. The fourth-order valence-electron chi connectivity index (χ4n) is 7.63. The fraction of sp³-hybridized carbons (Fsp3) is 0.773. The molecule has 65 heavy (non-hydrogen) atoms. The number of likely N-dealkylation sites (tertiary alicyclic amines) is 2. The quantitative estimate of drug-likeness (QED) is 0.246. The molecule has 2 aliphatic heterocycles. The van der Waals surface area contributed by atoms with Crippen molar-refractivity contribution in [3.05, 3.63) is 23.8 Å². The SMILES string of the molecule is CNC1CCC(Oc2ncnc(OC3CCN(C(=O)OC(C)C)CC3)c2C)CC1.CS(=O)[O-].CS(=O)[O-].Cc1c(OC2CCC(C)CC2)ncnc1OC1CCN(C(=O)OC(C)C)CC1. The van der Waals surface area contributed by atoms with E-state index in [0.29, 0.717) is 55.7 Å². The van der Waals surface area contributed by atoms with Crippen molar-refractivity contribution >= 4 is 34.3 Å². The first kappa shape index (κ1) is 55.4. The van der Waals surface area contributed by atoms with Crippen LogP contribution >= 0.6 is 0 Å². The van der Waals surface area contributed by atoms with Crippen molar-refractivity contribution in [2.75, 3.05) is 45.7 Å². The molecule has 0 aromatic carbocycles. The molecule has 2 unspecified atom stereocenters. The van der Waals surface area contributed by atoms with E-state index in [9.17, 15) is 9.59 Å². The molecule has 2 atom stereocenters. The lowest BCUT2D eigenvalue weighted by Gasteiger charge is -2.32. The van der Waals surface area contributed by atoms with Crippen LogP contribution < -0.4 is 24.3 Å². The number of aromatic nitrogens is 4. The summed E-state index contributed by atoms with van der Waals surface area (Å²) < 4.78 is 71.1. The average Bonchev–Trinajstić information content (AvgIpc) is 3.24. The molecule has 2 saturated heterocycles. The van der Waals surface area contributed by atoms with Gasteiger partial charge in [-0.05, 0) is 118 Å². The normalized spacial score (nSPS) is 22.4. The van der Waals surface area contributed by atoms with Gasteiger partial charge in [-0.15, -0.1) is 0 Å². The van der Waals surface area contributed by atoms with Gasteiger partial charge in [0.25, 0.3) is 0 Å². The zero-order valence-corrected chi connectivity index (χ0v) is 41.6. The Morgan fingerprint density at radius 2 is 0.862 bits per heavy atom. The first-order valence-corrected chi connectivity index (χ1v) is 25.7. The Balaban J connectivity index is 0.000000297. The minimum absolute atomic E-state index is 0.0191. The summed E-state index contributed by atoms with van der Waals surface area (Å²) in [7, 11) is 2.02. The molecule has 0 radical (unpaired) electrons. The predicted molar refractivity (Wildman–Crippen MR) is 245 cm³/mol. The van der Waals surface area contributed by atoms with Crippen molar-refractivity contribution in [3.63, 3.8) is 0 Å². The van der Waals surface area contributed by atoms with E-state index >= 15 is 0 Å². The molecule has 370 valence electrons. The molecule has 4 aliphatic rings. The Hall–Kier alpha value is -3.92. The number of nitrogens with one attached hydrogen (secondary N) is 1. The van der Waals surface area contributed by atoms with Crippen LogP contribution in [0.3, 0.4) is 0 Å². The zero-order chi connectivity index (χ0) is 48.1. The molecule has 2 aliphatic carbocycles. The molecular formula is C44H73N7O12S2-2. The summed E-state index contributed by atoms with van der Waals surface area (Å²) in [6.45, 7) is 16.1. The van der Waals surface area contributed by atoms with Gasteiger partial charge >= 0.3 is 12.2 Å². The number of amides is 2. The Morgan fingerprint density at radius 1 is 0.585 bits per heavy atom. The summed E-state index contributed by atoms with van der Waals surface area (Å²) in [5.41, 5.74) is 1.69. The van der Waals surface area contributed by atoms with Gasteiger partial charge in [-0.1, -0.05) is 29.1 Å². The van der Waals surface area contributed by atoms with Crippen molar-refractivity contribution in [1.29, 1.82) is 0 Å². The minimum Gasteiger partial charge on any atom is -0.773 e. The Labute approximate surface area is 390 Å². The van der Waals surface area contributed by atoms with Crippen LogP contribution in [0.1, 0.15) is 123 Å². The maximum Gasteiger partial charge on any atom is 0.410 e. The zero-order valence-electron chi connectivity index (χ0n) is 40.0. The summed E-state index contributed by atoms with van der Waals surface area (Å²) in [4.78, 5) is 44.8. The van der Waals surface area contributed by atoms with E-state index in [0.717, 1.165) is 93.8 Å². The number of piperidine rings is 2. The van der Waals surface area contributed by atoms with Gasteiger partial charge in [0.1, 0.15) is 37.1 Å². The highest BCUT2D eigenvalue weighted by Crippen LogP contribution is 2.32. The van der Waals surface area contributed by atoms with E-state index in [1.54, 1.807) is 9.80 Å². The van der Waals surface area contributed by atoms with Crippen molar-refractivity contribution < 1.29 is 55.5 Å². The maximum atomic E-state index is 12.0. The van der Waals surface area contributed by atoms with Gasteiger partial charge in [-0.3, -0.25) is 8.42 Å². The largest absolute Gasteiger partial charge is 0.773 e. The number of ether oxygens (including phenoxy) is 6. The molecule has 6 rings (SSSR count). The monoisotopic (exact) mass is 955 g/mol. The van der Waals surface area contributed by atoms with Crippen LogP contribution in [-0.4, -0.2) is 148 Å². The molecule has 1 N–H and O–H groups in total. The topological polar surface area (TPSA) is 240 Å². The Bertz CT molecular complexity index is 1750. The van der Waals surface area contributed by atoms with Crippen LogP contribution in [0.4, 0.5) is 9.59 Å². The third-order valence-corrected chi connectivity index (χ3v) is 11.2. The van der Waals surface area contributed by atoms with Gasteiger partial charge in [0, 0.05) is 57.9 Å². The molecule has 21 heteroatoms. The Kier molecular flexibility index (Phi) is 24.7. The molecule has 2 aromatic heterocycles. The molecule has 2 aromatic rings. The molecule has 0 bridgehead atoms. The van der Waals surface area contributed by atoms with Crippen LogP contribution in [0.2, 0.25) is 0 Å². The van der Waals surface area contributed by atoms with Crippen molar-refractivity contribution in [2.45, 2.75) is 168 Å². The maximum absolute atomic E-state index is 12.0. The van der Waals surface area contributed by atoms with Crippen molar-refractivity contribution in [1.82, 2.24) is 35.1 Å². The van der Waals surface area contributed by atoms with Crippen LogP contribution in [0.15, 0.2) is 12.7 Å². The van der Waals surface area contributed by atoms with Crippen LogP contribution in [0.25, 0.3) is 0 Å². The van der Waals surface area contributed by atoms with Gasteiger partial charge in [-0.2, -0.15) is 0 Å². The first-order valence-electron chi connectivity index (χ1n) is 22.7. The molecule has 19 nitrogen and oxygen atoms in total. The van der Waals surface area contributed by atoms with Crippen LogP contribution in [0, 0.1) is 19.8 Å². The Morgan fingerprint density at radius 3 is 1.14 bits per heavy atom. The highest BCUT2D eigenvalue weighted by atomic mass is 32.2. The lowest BCUT2D eigenvalue weighted by atomic mass is 9.89. The number of hydrogen-bond acceptors (Lipinski definition) is 17. The third-order valence-electron chi connectivity index (χ3n) is 11.2. The van der Waals surface area contributed by atoms with E-state index in [1.165, 1.54) is 25.5 Å². The average molecular weight is 956 g/mol. The molecule has 4 fully saturated rings. The van der Waals surface area contributed by atoms with E-state index in [1.807, 2.05) is 48.6 Å². The summed E-state index contributed by atoms with van der Waals surface area (Å²) >= 11 is -3.72. The minimum atomic E-state index is -1.86. The smallest absolute Gasteiger partial charge is 0.410 e. The molecular weight excluding hydrogens is 883 g/mol. The van der Waals surface area contributed by atoms with E-state index in [4.69, 9.17) is 45.9 Å². The molecule has 2 saturated carbocycles. The van der Waals surface area contributed by atoms with Crippen LogP contribution in [0.5, 0.6) is 23.5 Å². The molecule has 4 heterocycles.